The molecule has 1 aliphatic rings. The minimum Gasteiger partial charge on any atom is -0.367 e. The molecule has 5 heteroatoms. The Kier molecular flexibility index (Phi) is 5.83. The van der Waals surface area contributed by atoms with Crippen LogP contribution in [0.25, 0.3) is 0 Å². The fourth-order valence-corrected chi connectivity index (χ4v) is 2.66. The lowest BCUT2D eigenvalue weighted by Crippen LogP contribution is -2.33. The second kappa shape index (κ2) is 7.62. The SMILES string of the molecule is CNC[C@H]1CCN(C(=O)COCc2ccccc2Cl)C1. The quantitative estimate of drug-likeness (QED) is 0.872. The van der Waals surface area contributed by atoms with E-state index in [-0.39, 0.29) is 12.5 Å². The third-order valence-corrected chi connectivity index (χ3v) is 3.94. The van der Waals surface area contributed by atoms with Gasteiger partial charge >= 0.3 is 0 Å². The topological polar surface area (TPSA) is 41.6 Å². The molecule has 0 spiro atoms. The van der Waals surface area contributed by atoms with Crippen molar-refractivity contribution in [3.8, 4) is 0 Å². The van der Waals surface area contributed by atoms with Crippen LogP contribution in [0.5, 0.6) is 0 Å². The monoisotopic (exact) mass is 296 g/mol. The number of carbonyl (C=O) groups excluding carboxylic acids is 1. The zero-order chi connectivity index (χ0) is 14.4. The Morgan fingerprint density at radius 1 is 1.50 bits per heavy atom. The molecule has 1 atom stereocenters. The van der Waals surface area contributed by atoms with Gasteiger partial charge in [-0.1, -0.05) is 29.8 Å². The van der Waals surface area contributed by atoms with Gasteiger partial charge < -0.3 is 15.0 Å². The molecule has 1 saturated heterocycles. The van der Waals surface area contributed by atoms with Crippen LogP contribution in [0.3, 0.4) is 0 Å². The van der Waals surface area contributed by atoms with E-state index in [0.717, 1.165) is 31.6 Å². The third kappa shape index (κ3) is 4.20. The number of nitrogens with one attached hydrogen (secondary N) is 1. The van der Waals surface area contributed by atoms with Gasteiger partial charge in [-0.15, -0.1) is 0 Å². The lowest BCUT2D eigenvalue weighted by Gasteiger charge is -2.16. The van der Waals surface area contributed by atoms with Crippen LogP contribution in [0.4, 0.5) is 0 Å². The maximum Gasteiger partial charge on any atom is 0.248 e. The fourth-order valence-electron chi connectivity index (χ4n) is 2.47. The van der Waals surface area contributed by atoms with Crippen molar-refractivity contribution in [2.45, 2.75) is 13.0 Å². The Morgan fingerprint density at radius 2 is 2.30 bits per heavy atom. The number of hydrogen-bond acceptors (Lipinski definition) is 3. The van der Waals surface area contributed by atoms with E-state index >= 15 is 0 Å². The molecule has 0 unspecified atom stereocenters. The van der Waals surface area contributed by atoms with Crippen molar-refractivity contribution in [2.75, 3.05) is 33.3 Å². The second-order valence-corrected chi connectivity index (χ2v) is 5.54. The molecule has 1 N–H and O–H groups in total. The number of benzene rings is 1. The number of halogens is 1. The van der Waals surface area contributed by atoms with Crippen LogP contribution in [0.2, 0.25) is 5.02 Å². The van der Waals surface area contributed by atoms with Gasteiger partial charge in [0.25, 0.3) is 0 Å². The summed E-state index contributed by atoms with van der Waals surface area (Å²) in [5.74, 6) is 0.628. The molecule has 1 aromatic carbocycles. The van der Waals surface area contributed by atoms with Gasteiger partial charge in [-0.2, -0.15) is 0 Å². The van der Waals surface area contributed by atoms with E-state index in [4.69, 9.17) is 16.3 Å². The summed E-state index contributed by atoms with van der Waals surface area (Å²) in [5.41, 5.74) is 0.913. The van der Waals surface area contributed by atoms with Gasteiger partial charge in [0, 0.05) is 18.1 Å². The van der Waals surface area contributed by atoms with Gasteiger partial charge in [-0.25, -0.2) is 0 Å². The molecule has 0 bridgehead atoms. The van der Waals surface area contributed by atoms with Crippen molar-refractivity contribution in [3.63, 3.8) is 0 Å². The highest BCUT2D eigenvalue weighted by atomic mass is 35.5. The standard InChI is InChI=1S/C15H21ClN2O2/c1-17-8-12-6-7-18(9-12)15(19)11-20-10-13-4-2-3-5-14(13)16/h2-5,12,17H,6-11H2,1H3/t12-/m1/s1. The molecule has 4 nitrogen and oxygen atoms in total. The molecule has 0 aromatic heterocycles. The Labute approximate surface area is 125 Å². The molecular formula is C15H21ClN2O2. The van der Waals surface area contributed by atoms with Crippen molar-refractivity contribution in [1.29, 1.82) is 0 Å². The number of ether oxygens (including phenoxy) is 1. The van der Waals surface area contributed by atoms with E-state index in [0.29, 0.717) is 17.5 Å². The Balaban J connectivity index is 1.72. The predicted molar refractivity (Wildman–Crippen MR) is 79.7 cm³/mol. The van der Waals surface area contributed by atoms with Crippen molar-refractivity contribution >= 4 is 17.5 Å². The number of rotatable bonds is 6. The minimum atomic E-state index is 0.0654. The van der Waals surface area contributed by atoms with Gasteiger partial charge in [0.2, 0.25) is 5.91 Å². The molecular weight excluding hydrogens is 276 g/mol. The van der Waals surface area contributed by atoms with Crippen molar-refractivity contribution in [1.82, 2.24) is 10.2 Å². The first-order valence-corrected chi connectivity index (χ1v) is 7.32. The van der Waals surface area contributed by atoms with E-state index in [1.807, 2.05) is 36.2 Å². The first kappa shape index (κ1) is 15.3. The first-order valence-electron chi connectivity index (χ1n) is 6.94. The molecule has 0 aliphatic carbocycles. The van der Waals surface area contributed by atoms with Gasteiger partial charge in [0.1, 0.15) is 6.61 Å². The summed E-state index contributed by atoms with van der Waals surface area (Å²) in [5, 5.41) is 3.83. The Morgan fingerprint density at radius 3 is 3.05 bits per heavy atom. The molecule has 0 radical (unpaired) electrons. The summed E-state index contributed by atoms with van der Waals surface area (Å²) in [6.07, 6.45) is 1.07. The van der Waals surface area contributed by atoms with Gasteiger partial charge in [-0.05, 0) is 37.6 Å². The molecule has 1 aromatic rings. The molecule has 1 heterocycles. The summed E-state index contributed by atoms with van der Waals surface area (Å²) in [6, 6.07) is 7.52. The number of carbonyl (C=O) groups is 1. The summed E-state index contributed by atoms with van der Waals surface area (Å²) in [4.78, 5) is 13.9. The molecule has 1 fully saturated rings. The Hall–Kier alpha value is -1.10. The Bertz CT molecular complexity index is 453. The third-order valence-electron chi connectivity index (χ3n) is 3.57. The first-order chi connectivity index (χ1) is 9.70. The van der Waals surface area contributed by atoms with Crippen LogP contribution in [0.1, 0.15) is 12.0 Å². The van der Waals surface area contributed by atoms with Crippen LogP contribution < -0.4 is 5.32 Å². The fraction of sp³-hybridized carbons (Fsp3) is 0.533. The summed E-state index contributed by atoms with van der Waals surface area (Å²) >= 11 is 6.04. The van der Waals surface area contributed by atoms with Crippen molar-refractivity contribution < 1.29 is 9.53 Å². The maximum atomic E-state index is 12.0. The number of nitrogens with zero attached hydrogens (tertiary/aromatic N) is 1. The number of amides is 1. The van der Waals surface area contributed by atoms with Crippen molar-refractivity contribution in [3.05, 3.63) is 34.9 Å². The van der Waals surface area contributed by atoms with Crippen LogP contribution in [-0.2, 0) is 16.1 Å². The second-order valence-electron chi connectivity index (χ2n) is 5.14. The lowest BCUT2D eigenvalue weighted by atomic mass is 10.1. The molecule has 20 heavy (non-hydrogen) atoms. The van der Waals surface area contributed by atoms with Crippen LogP contribution in [0.15, 0.2) is 24.3 Å². The normalized spacial score (nSPS) is 18.5. The zero-order valence-electron chi connectivity index (χ0n) is 11.8. The highest BCUT2D eigenvalue weighted by Crippen LogP contribution is 2.17. The predicted octanol–water partition coefficient (Wildman–Crippen LogP) is 1.92. The molecule has 110 valence electrons. The van der Waals surface area contributed by atoms with Gasteiger partial charge in [0.05, 0.1) is 6.61 Å². The van der Waals surface area contributed by atoms with Crippen LogP contribution in [-0.4, -0.2) is 44.1 Å². The van der Waals surface area contributed by atoms with Crippen molar-refractivity contribution in [2.24, 2.45) is 5.92 Å². The molecule has 0 saturated carbocycles. The van der Waals surface area contributed by atoms with Gasteiger partial charge in [-0.3, -0.25) is 4.79 Å². The smallest absolute Gasteiger partial charge is 0.248 e. The van der Waals surface area contributed by atoms with Crippen LogP contribution >= 0.6 is 11.6 Å². The average molecular weight is 297 g/mol. The number of hydrogen-bond donors (Lipinski definition) is 1. The van der Waals surface area contributed by atoms with E-state index in [1.165, 1.54) is 0 Å². The molecule has 1 amide bonds. The number of likely N-dealkylation sites (tertiary alicyclic amines) is 1. The largest absolute Gasteiger partial charge is 0.367 e. The summed E-state index contributed by atoms with van der Waals surface area (Å²) in [6.45, 7) is 3.12. The molecule has 1 aliphatic heterocycles. The average Bonchev–Trinajstić information content (AvgIpc) is 2.90. The minimum absolute atomic E-state index is 0.0654. The van der Waals surface area contributed by atoms with Gasteiger partial charge in [0.15, 0.2) is 0 Å². The summed E-state index contributed by atoms with van der Waals surface area (Å²) < 4.78 is 5.48. The summed E-state index contributed by atoms with van der Waals surface area (Å²) in [7, 11) is 1.94. The highest BCUT2D eigenvalue weighted by molar-refractivity contribution is 6.31. The van der Waals surface area contributed by atoms with E-state index in [1.54, 1.807) is 0 Å². The lowest BCUT2D eigenvalue weighted by molar-refractivity contribution is -0.135. The van der Waals surface area contributed by atoms with E-state index in [2.05, 4.69) is 5.32 Å². The highest BCUT2D eigenvalue weighted by Gasteiger charge is 2.25. The molecule has 2 rings (SSSR count). The van der Waals surface area contributed by atoms with Crippen LogP contribution in [0, 0.1) is 5.92 Å². The van der Waals surface area contributed by atoms with E-state index in [9.17, 15) is 4.79 Å². The zero-order valence-corrected chi connectivity index (χ0v) is 12.5. The maximum absolute atomic E-state index is 12.0. The van der Waals surface area contributed by atoms with E-state index < -0.39 is 0 Å².